The number of nitrogens with zero attached hydrogens (tertiary/aromatic N) is 2. The summed E-state index contributed by atoms with van der Waals surface area (Å²) in [5.74, 6) is 1.62. The van der Waals surface area contributed by atoms with Crippen molar-refractivity contribution in [1.82, 2.24) is 15.5 Å². The molecule has 9 heteroatoms. The lowest BCUT2D eigenvalue weighted by molar-refractivity contribution is -0.119. The Labute approximate surface area is 170 Å². The molecule has 0 unspecified atom stereocenters. The second-order valence-corrected chi connectivity index (χ2v) is 8.15. The van der Waals surface area contributed by atoms with Gasteiger partial charge in [-0.1, -0.05) is 53.4 Å². The number of hydrogen-bond acceptors (Lipinski definition) is 8. The van der Waals surface area contributed by atoms with E-state index in [4.69, 9.17) is 9.47 Å². The molecule has 1 atom stereocenters. The van der Waals surface area contributed by atoms with Crippen LogP contribution in [0.25, 0.3) is 0 Å². The van der Waals surface area contributed by atoms with Crippen molar-refractivity contribution in [3.05, 3.63) is 54.6 Å². The second-order valence-electron chi connectivity index (χ2n) is 5.95. The molecule has 0 radical (unpaired) electrons. The van der Waals surface area contributed by atoms with Gasteiger partial charge in [0.1, 0.15) is 12.7 Å². The Bertz CT molecular complexity index is 936. The molecular weight excluding hydrogens is 396 g/mol. The highest BCUT2D eigenvalue weighted by atomic mass is 32.2. The van der Waals surface area contributed by atoms with Crippen molar-refractivity contribution in [1.29, 1.82) is 0 Å². The molecule has 2 heterocycles. The zero-order valence-electron chi connectivity index (χ0n) is 14.8. The Morgan fingerprint density at radius 2 is 1.89 bits per heavy atom. The Morgan fingerprint density at radius 3 is 2.75 bits per heavy atom. The molecule has 2 aromatic carbocycles. The normalized spacial score (nSPS) is 15.1. The molecule has 144 valence electrons. The third-order valence-corrected chi connectivity index (χ3v) is 5.82. The largest absolute Gasteiger partial charge is 0.486 e. The maximum Gasteiger partial charge on any atom is 0.230 e. The highest BCUT2D eigenvalue weighted by Crippen LogP contribution is 2.31. The molecule has 1 aliphatic heterocycles. The topological polar surface area (TPSA) is 85.4 Å². The van der Waals surface area contributed by atoms with Gasteiger partial charge in [0.15, 0.2) is 15.8 Å². The third kappa shape index (κ3) is 4.93. The van der Waals surface area contributed by atoms with E-state index in [1.807, 2.05) is 54.6 Å². The molecule has 1 aliphatic rings. The quantitative estimate of drug-likeness (QED) is 0.574. The first-order valence-electron chi connectivity index (χ1n) is 8.70. The summed E-state index contributed by atoms with van der Waals surface area (Å²) >= 11 is 2.77. The number of aromatic nitrogens is 2. The van der Waals surface area contributed by atoms with Gasteiger partial charge in [0, 0.05) is 5.69 Å². The lowest BCUT2D eigenvalue weighted by Crippen LogP contribution is -2.41. The molecule has 1 aromatic heterocycles. The predicted octanol–water partition coefficient (Wildman–Crippen LogP) is 3.33. The van der Waals surface area contributed by atoms with E-state index in [1.54, 1.807) is 0 Å². The summed E-state index contributed by atoms with van der Waals surface area (Å²) in [5.41, 5.74) is 0.948. The van der Waals surface area contributed by atoms with Gasteiger partial charge in [-0.05, 0) is 24.3 Å². The molecule has 0 saturated carbocycles. The summed E-state index contributed by atoms with van der Waals surface area (Å²) in [6.45, 7) is 0.806. The van der Waals surface area contributed by atoms with Gasteiger partial charge in [-0.25, -0.2) is 0 Å². The lowest BCUT2D eigenvalue weighted by atomic mass is 10.2. The maximum atomic E-state index is 12.1. The van der Waals surface area contributed by atoms with Crippen LogP contribution < -0.4 is 20.1 Å². The minimum absolute atomic E-state index is 0.0831. The van der Waals surface area contributed by atoms with Gasteiger partial charge in [-0.2, -0.15) is 0 Å². The van der Waals surface area contributed by atoms with Gasteiger partial charge in [-0.15, -0.1) is 10.2 Å². The first-order valence-corrected chi connectivity index (χ1v) is 10.5. The molecule has 1 amide bonds. The number of carbonyl (C=O) groups excluding carboxylic acids is 1. The molecule has 0 aliphatic carbocycles. The SMILES string of the molecule is O=C(CSc1nnc(Nc2ccccc2)s1)NC[C@@H]1COc2ccccc2O1. The van der Waals surface area contributed by atoms with Gasteiger partial charge >= 0.3 is 0 Å². The Balaban J connectivity index is 1.20. The van der Waals surface area contributed by atoms with Crippen molar-refractivity contribution < 1.29 is 14.3 Å². The molecule has 3 aromatic rings. The van der Waals surface area contributed by atoms with Crippen LogP contribution in [0.2, 0.25) is 0 Å². The first kappa shape index (κ1) is 18.6. The Kier molecular flexibility index (Phi) is 5.93. The number of carbonyl (C=O) groups is 1. The van der Waals surface area contributed by atoms with Crippen molar-refractivity contribution in [2.45, 2.75) is 10.4 Å². The first-order chi connectivity index (χ1) is 13.8. The van der Waals surface area contributed by atoms with Crippen LogP contribution in [0.1, 0.15) is 0 Å². The highest BCUT2D eigenvalue weighted by molar-refractivity contribution is 8.01. The number of benzene rings is 2. The molecular formula is C19H18N4O3S2. The van der Waals surface area contributed by atoms with Crippen LogP contribution in [-0.4, -0.2) is 41.1 Å². The fourth-order valence-corrected chi connectivity index (χ4v) is 4.14. The molecule has 0 bridgehead atoms. The van der Waals surface area contributed by atoms with Crippen LogP contribution in [0, 0.1) is 0 Å². The zero-order chi connectivity index (χ0) is 19.2. The number of amides is 1. The summed E-state index contributed by atoms with van der Waals surface area (Å²) < 4.78 is 12.2. The van der Waals surface area contributed by atoms with E-state index in [1.165, 1.54) is 23.1 Å². The van der Waals surface area contributed by atoms with Crippen molar-refractivity contribution in [2.24, 2.45) is 0 Å². The molecule has 2 N–H and O–H groups in total. The lowest BCUT2D eigenvalue weighted by Gasteiger charge is -2.26. The van der Waals surface area contributed by atoms with Crippen LogP contribution in [0.4, 0.5) is 10.8 Å². The number of thioether (sulfide) groups is 1. The predicted molar refractivity (Wildman–Crippen MR) is 110 cm³/mol. The van der Waals surface area contributed by atoms with Crippen LogP contribution in [0.5, 0.6) is 11.5 Å². The number of hydrogen-bond donors (Lipinski definition) is 2. The van der Waals surface area contributed by atoms with E-state index in [0.717, 1.165) is 15.8 Å². The van der Waals surface area contributed by atoms with Crippen molar-refractivity contribution in [2.75, 3.05) is 24.2 Å². The second kappa shape index (κ2) is 8.94. The summed E-state index contributed by atoms with van der Waals surface area (Å²) in [4.78, 5) is 12.1. The smallest absolute Gasteiger partial charge is 0.230 e. The maximum absolute atomic E-state index is 12.1. The molecule has 4 rings (SSSR count). The molecule has 0 spiro atoms. The summed E-state index contributed by atoms with van der Waals surface area (Å²) in [6, 6.07) is 17.3. The van der Waals surface area contributed by atoms with E-state index in [0.29, 0.717) is 24.0 Å². The summed E-state index contributed by atoms with van der Waals surface area (Å²) in [7, 11) is 0. The van der Waals surface area contributed by atoms with Gasteiger partial charge in [0.25, 0.3) is 0 Å². The summed E-state index contributed by atoms with van der Waals surface area (Å²) in [5, 5.41) is 15.0. The van der Waals surface area contributed by atoms with Crippen LogP contribution in [0.3, 0.4) is 0 Å². The average molecular weight is 415 g/mol. The molecule has 28 heavy (non-hydrogen) atoms. The van der Waals surface area contributed by atoms with Crippen LogP contribution in [-0.2, 0) is 4.79 Å². The fraction of sp³-hybridized carbons (Fsp3) is 0.211. The minimum Gasteiger partial charge on any atom is -0.486 e. The van der Waals surface area contributed by atoms with E-state index in [9.17, 15) is 4.79 Å². The monoisotopic (exact) mass is 414 g/mol. The van der Waals surface area contributed by atoms with Gasteiger partial charge in [0.05, 0.1) is 12.3 Å². The van der Waals surface area contributed by atoms with Gasteiger partial charge in [-0.3, -0.25) is 4.79 Å². The average Bonchev–Trinajstić information content (AvgIpc) is 3.18. The Hall–Kier alpha value is -2.78. The molecule has 0 saturated heterocycles. The van der Waals surface area contributed by atoms with E-state index < -0.39 is 0 Å². The number of anilines is 2. The molecule has 7 nitrogen and oxygen atoms in total. The van der Waals surface area contributed by atoms with E-state index >= 15 is 0 Å². The minimum atomic E-state index is -0.202. The van der Waals surface area contributed by atoms with E-state index in [2.05, 4.69) is 20.8 Å². The number of para-hydroxylation sites is 3. The number of rotatable bonds is 7. The Morgan fingerprint density at radius 1 is 1.11 bits per heavy atom. The van der Waals surface area contributed by atoms with E-state index in [-0.39, 0.29) is 17.8 Å². The number of nitrogens with one attached hydrogen (secondary N) is 2. The molecule has 0 fully saturated rings. The van der Waals surface area contributed by atoms with Crippen LogP contribution in [0.15, 0.2) is 58.9 Å². The standard InChI is InChI=1S/C19H18N4O3S2/c24-17(20-10-14-11-25-15-8-4-5-9-16(15)26-14)12-27-19-23-22-18(28-19)21-13-6-2-1-3-7-13/h1-9,14H,10-12H2,(H,20,24)(H,21,22)/t14-/m1/s1. The number of fused-ring (bicyclic) bond motifs is 1. The van der Waals surface area contributed by atoms with Gasteiger partial charge in [0.2, 0.25) is 11.0 Å². The van der Waals surface area contributed by atoms with Crippen molar-refractivity contribution >= 4 is 39.8 Å². The van der Waals surface area contributed by atoms with Crippen molar-refractivity contribution in [3.8, 4) is 11.5 Å². The highest BCUT2D eigenvalue weighted by Gasteiger charge is 2.21. The zero-order valence-corrected chi connectivity index (χ0v) is 16.5. The van der Waals surface area contributed by atoms with Crippen molar-refractivity contribution in [3.63, 3.8) is 0 Å². The summed E-state index contributed by atoms with van der Waals surface area (Å²) in [6.07, 6.45) is -0.202. The number of ether oxygens (including phenoxy) is 2. The van der Waals surface area contributed by atoms with Gasteiger partial charge < -0.3 is 20.1 Å². The van der Waals surface area contributed by atoms with Crippen LogP contribution >= 0.6 is 23.1 Å². The fourth-order valence-electron chi connectivity index (χ4n) is 2.53. The third-order valence-electron chi connectivity index (χ3n) is 3.85.